The zero-order chi connectivity index (χ0) is 18.8. The molecule has 0 aliphatic rings. The first kappa shape index (κ1) is 17.7. The minimum Gasteiger partial charge on any atom is -0.476 e. The van der Waals surface area contributed by atoms with Crippen LogP contribution in [0, 0.1) is 5.82 Å². The highest BCUT2D eigenvalue weighted by molar-refractivity contribution is 6.29. The topological polar surface area (TPSA) is 77.2 Å². The molecule has 3 rings (SSSR count). The van der Waals surface area contributed by atoms with Crippen LogP contribution in [-0.2, 0) is 0 Å². The van der Waals surface area contributed by atoms with E-state index < -0.39 is 24.1 Å². The zero-order valence-electron chi connectivity index (χ0n) is 12.7. The SMILES string of the molecule is O=C(O)c1cc(-c2cc(F)cc(OC(F)F)c2)n(-c2ccnc(Cl)c2)n1. The van der Waals surface area contributed by atoms with Crippen LogP contribution < -0.4 is 4.74 Å². The highest BCUT2D eigenvalue weighted by Gasteiger charge is 2.18. The van der Waals surface area contributed by atoms with Crippen molar-refractivity contribution < 1.29 is 27.8 Å². The predicted molar refractivity (Wildman–Crippen MR) is 85.4 cm³/mol. The Kier molecular flexibility index (Phi) is 4.81. The Bertz CT molecular complexity index is 978. The number of pyridine rings is 1. The van der Waals surface area contributed by atoms with Crippen molar-refractivity contribution in [3.63, 3.8) is 0 Å². The second kappa shape index (κ2) is 7.04. The number of carboxylic acid groups (broad SMARTS) is 1. The van der Waals surface area contributed by atoms with Gasteiger partial charge in [0.1, 0.15) is 16.7 Å². The van der Waals surface area contributed by atoms with Gasteiger partial charge >= 0.3 is 12.6 Å². The Hall–Kier alpha value is -3.07. The number of rotatable bonds is 5. The van der Waals surface area contributed by atoms with E-state index in [9.17, 15) is 23.1 Å². The van der Waals surface area contributed by atoms with Gasteiger partial charge in [0.15, 0.2) is 5.69 Å². The summed E-state index contributed by atoms with van der Waals surface area (Å²) in [5.41, 5.74) is 0.262. The second-order valence-electron chi connectivity index (χ2n) is 5.02. The van der Waals surface area contributed by atoms with Gasteiger partial charge in [-0.1, -0.05) is 11.6 Å². The van der Waals surface area contributed by atoms with Crippen LogP contribution in [-0.4, -0.2) is 32.5 Å². The average Bonchev–Trinajstić information content (AvgIpc) is 2.99. The third-order valence-electron chi connectivity index (χ3n) is 3.28. The fourth-order valence-electron chi connectivity index (χ4n) is 2.29. The maximum absolute atomic E-state index is 13.8. The van der Waals surface area contributed by atoms with Gasteiger partial charge in [0.05, 0.1) is 11.4 Å². The molecule has 0 spiro atoms. The summed E-state index contributed by atoms with van der Waals surface area (Å²) in [6.45, 7) is -3.14. The molecule has 2 aromatic heterocycles. The van der Waals surface area contributed by atoms with Gasteiger partial charge in [-0.3, -0.25) is 0 Å². The molecule has 10 heteroatoms. The van der Waals surface area contributed by atoms with Gasteiger partial charge in [-0.25, -0.2) is 18.9 Å². The van der Waals surface area contributed by atoms with Crippen LogP contribution in [0.4, 0.5) is 13.2 Å². The van der Waals surface area contributed by atoms with Gasteiger partial charge in [0, 0.05) is 23.9 Å². The van der Waals surface area contributed by atoms with E-state index in [0.717, 1.165) is 18.2 Å². The summed E-state index contributed by atoms with van der Waals surface area (Å²) in [5, 5.41) is 13.3. The van der Waals surface area contributed by atoms with Crippen molar-refractivity contribution in [2.45, 2.75) is 6.61 Å². The number of nitrogens with zero attached hydrogens (tertiary/aromatic N) is 3. The molecule has 1 N–H and O–H groups in total. The van der Waals surface area contributed by atoms with E-state index in [1.54, 1.807) is 0 Å². The molecule has 26 heavy (non-hydrogen) atoms. The number of halogens is 4. The monoisotopic (exact) mass is 383 g/mol. The molecule has 0 fully saturated rings. The van der Waals surface area contributed by atoms with Crippen molar-refractivity contribution >= 4 is 17.6 Å². The van der Waals surface area contributed by atoms with Crippen LogP contribution >= 0.6 is 11.6 Å². The number of aromatic carboxylic acids is 1. The summed E-state index contributed by atoms with van der Waals surface area (Å²) in [6.07, 6.45) is 1.38. The van der Waals surface area contributed by atoms with Crippen molar-refractivity contribution in [1.82, 2.24) is 14.8 Å². The zero-order valence-corrected chi connectivity index (χ0v) is 13.5. The molecule has 0 saturated carbocycles. The third kappa shape index (κ3) is 3.77. The second-order valence-corrected chi connectivity index (χ2v) is 5.41. The third-order valence-corrected chi connectivity index (χ3v) is 3.48. The molecule has 0 aliphatic carbocycles. The van der Waals surface area contributed by atoms with E-state index in [4.69, 9.17) is 11.6 Å². The van der Waals surface area contributed by atoms with Gasteiger partial charge in [-0.15, -0.1) is 0 Å². The van der Waals surface area contributed by atoms with E-state index in [1.807, 2.05) is 0 Å². The number of aromatic nitrogens is 3. The van der Waals surface area contributed by atoms with Crippen LogP contribution in [0.1, 0.15) is 10.5 Å². The molecule has 0 atom stereocenters. The maximum Gasteiger partial charge on any atom is 0.387 e. The number of benzene rings is 1. The fraction of sp³-hybridized carbons (Fsp3) is 0.0625. The number of carboxylic acids is 1. The molecule has 1 aromatic carbocycles. The van der Waals surface area contributed by atoms with Gasteiger partial charge < -0.3 is 9.84 Å². The van der Waals surface area contributed by atoms with Crippen molar-refractivity contribution in [2.75, 3.05) is 0 Å². The summed E-state index contributed by atoms with van der Waals surface area (Å²) in [5.74, 6) is -2.56. The molecular weight excluding hydrogens is 375 g/mol. The highest BCUT2D eigenvalue weighted by Crippen LogP contribution is 2.29. The first-order chi connectivity index (χ1) is 12.3. The summed E-state index contributed by atoms with van der Waals surface area (Å²) >= 11 is 5.84. The average molecular weight is 384 g/mol. The van der Waals surface area contributed by atoms with Crippen LogP contribution in [0.15, 0.2) is 42.6 Å². The van der Waals surface area contributed by atoms with Crippen molar-refractivity contribution in [3.8, 4) is 22.7 Å². The molecule has 0 unspecified atom stereocenters. The number of ether oxygens (including phenoxy) is 1. The van der Waals surface area contributed by atoms with Crippen LogP contribution in [0.25, 0.3) is 16.9 Å². The largest absolute Gasteiger partial charge is 0.476 e. The van der Waals surface area contributed by atoms with Crippen molar-refractivity contribution in [2.24, 2.45) is 0 Å². The summed E-state index contributed by atoms with van der Waals surface area (Å²) in [7, 11) is 0. The van der Waals surface area contributed by atoms with E-state index in [0.29, 0.717) is 5.69 Å². The molecule has 0 saturated heterocycles. The minimum atomic E-state index is -3.14. The van der Waals surface area contributed by atoms with Crippen LogP contribution in [0.3, 0.4) is 0 Å². The highest BCUT2D eigenvalue weighted by atomic mass is 35.5. The first-order valence-electron chi connectivity index (χ1n) is 7.04. The molecule has 134 valence electrons. The number of carbonyl (C=O) groups is 1. The molecule has 0 aliphatic heterocycles. The van der Waals surface area contributed by atoms with E-state index in [-0.39, 0.29) is 22.1 Å². The van der Waals surface area contributed by atoms with Crippen molar-refractivity contribution in [1.29, 1.82) is 0 Å². The van der Waals surface area contributed by atoms with E-state index in [2.05, 4.69) is 14.8 Å². The maximum atomic E-state index is 13.8. The van der Waals surface area contributed by atoms with Gasteiger partial charge in [-0.2, -0.15) is 13.9 Å². The Morgan fingerprint density at radius 3 is 2.65 bits per heavy atom. The Morgan fingerprint density at radius 2 is 2.00 bits per heavy atom. The number of hydrogen-bond donors (Lipinski definition) is 1. The lowest BCUT2D eigenvalue weighted by Crippen LogP contribution is -2.04. The fourth-order valence-corrected chi connectivity index (χ4v) is 2.46. The first-order valence-corrected chi connectivity index (χ1v) is 7.42. The molecule has 0 amide bonds. The Labute approximate surface area is 149 Å². The van der Waals surface area contributed by atoms with Crippen LogP contribution in [0.5, 0.6) is 5.75 Å². The number of hydrogen-bond acceptors (Lipinski definition) is 4. The van der Waals surface area contributed by atoms with E-state index in [1.165, 1.54) is 29.1 Å². The summed E-state index contributed by atoms with van der Waals surface area (Å²) < 4.78 is 44.1. The summed E-state index contributed by atoms with van der Waals surface area (Å²) in [4.78, 5) is 15.1. The van der Waals surface area contributed by atoms with Crippen molar-refractivity contribution in [3.05, 3.63) is 59.3 Å². The lowest BCUT2D eigenvalue weighted by molar-refractivity contribution is -0.0499. The quantitative estimate of drug-likeness (QED) is 0.673. The van der Waals surface area contributed by atoms with E-state index >= 15 is 0 Å². The van der Waals surface area contributed by atoms with Gasteiger partial charge in [0.25, 0.3) is 0 Å². The molecule has 3 aromatic rings. The molecular formula is C16H9ClF3N3O3. The lowest BCUT2D eigenvalue weighted by atomic mass is 10.1. The molecule has 2 heterocycles. The van der Waals surface area contributed by atoms with Gasteiger partial charge in [0.2, 0.25) is 0 Å². The van der Waals surface area contributed by atoms with Crippen LogP contribution in [0.2, 0.25) is 5.15 Å². The lowest BCUT2D eigenvalue weighted by Gasteiger charge is -2.10. The standard InChI is InChI=1S/C16H9ClF3N3O3/c17-14-6-10(1-2-21-14)23-13(7-12(22-23)15(24)25)8-3-9(18)5-11(4-8)26-16(19)20/h1-7,16H,(H,24,25). The Balaban J connectivity index is 2.18. The minimum absolute atomic E-state index is 0.0913. The molecule has 0 bridgehead atoms. The number of alkyl halides is 2. The smallest absolute Gasteiger partial charge is 0.387 e. The summed E-state index contributed by atoms with van der Waals surface area (Å²) in [6, 6.07) is 7.08. The predicted octanol–water partition coefficient (Wildman–Crippen LogP) is 4.03. The normalized spacial score (nSPS) is 11.0. The Morgan fingerprint density at radius 1 is 1.23 bits per heavy atom. The molecule has 6 nitrogen and oxygen atoms in total. The molecule has 0 radical (unpaired) electrons. The van der Waals surface area contributed by atoms with Gasteiger partial charge in [-0.05, 0) is 24.3 Å².